The summed E-state index contributed by atoms with van der Waals surface area (Å²) in [4.78, 5) is 43.3. The van der Waals surface area contributed by atoms with Crippen molar-refractivity contribution in [2.24, 2.45) is 0 Å². The van der Waals surface area contributed by atoms with Gasteiger partial charge in [-0.15, -0.1) is 17.4 Å². The van der Waals surface area contributed by atoms with Crippen molar-refractivity contribution >= 4 is 17.7 Å². The standard InChI is InChI=1S/C25H29N3O4/c1-5-7-15-26-24(30)18-13-11-17(12-14-18)16-28-20-9-8-10-21(29)22(20)19(6-2)23(28)25(31)32-27(3)4/h1,11-14H,6-10,15-16H2,2-4H3,(H,26,30). The number of carbonyl (C=O) groups excluding carboxylic acids is 3. The van der Waals surface area contributed by atoms with Crippen LogP contribution in [0.15, 0.2) is 24.3 Å². The summed E-state index contributed by atoms with van der Waals surface area (Å²) >= 11 is 0. The number of amides is 1. The molecule has 1 heterocycles. The molecule has 3 rings (SSSR count). The molecule has 7 nitrogen and oxygen atoms in total. The number of nitrogens with zero attached hydrogens (tertiary/aromatic N) is 2. The third kappa shape index (κ3) is 4.92. The van der Waals surface area contributed by atoms with Crippen molar-refractivity contribution in [3.63, 3.8) is 0 Å². The van der Waals surface area contributed by atoms with E-state index in [-0.39, 0.29) is 11.7 Å². The quantitative estimate of drug-likeness (QED) is 0.392. The van der Waals surface area contributed by atoms with Gasteiger partial charge in [0.15, 0.2) is 5.78 Å². The lowest BCUT2D eigenvalue weighted by atomic mass is 9.92. The minimum atomic E-state index is -0.474. The first-order chi connectivity index (χ1) is 15.4. The summed E-state index contributed by atoms with van der Waals surface area (Å²) in [5.41, 5.74) is 4.20. The monoisotopic (exact) mass is 435 g/mol. The molecule has 168 valence electrons. The van der Waals surface area contributed by atoms with Crippen LogP contribution in [0.1, 0.15) is 74.2 Å². The van der Waals surface area contributed by atoms with Crippen molar-refractivity contribution in [2.75, 3.05) is 20.6 Å². The second-order valence-electron chi connectivity index (χ2n) is 7.96. The molecule has 0 bridgehead atoms. The van der Waals surface area contributed by atoms with E-state index in [1.54, 1.807) is 26.2 Å². The third-order valence-electron chi connectivity index (χ3n) is 5.49. The molecule has 1 aliphatic rings. The Balaban J connectivity index is 1.95. The highest BCUT2D eigenvalue weighted by atomic mass is 16.7. The molecular formula is C25H29N3O4. The van der Waals surface area contributed by atoms with Crippen LogP contribution in [-0.2, 0) is 24.2 Å². The van der Waals surface area contributed by atoms with Crippen molar-refractivity contribution < 1.29 is 19.2 Å². The van der Waals surface area contributed by atoms with Crippen molar-refractivity contribution in [3.8, 4) is 12.3 Å². The van der Waals surface area contributed by atoms with Gasteiger partial charge in [0.25, 0.3) is 5.91 Å². The van der Waals surface area contributed by atoms with E-state index in [0.29, 0.717) is 49.2 Å². The Morgan fingerprint density at radius 1 is 1.22 bits per heavy atom. The molecule has 1 aliphatic carbocycles. The highest BCUT2D eigenvalue weighted by Gasteiger charge is 2.32. The van der Waals surface area contributed by atoms with Crippen LogP contribution in [0.25, 0.3) is 0 Å². The average Bonchev–Trinajstić information content (AvgIpc) is 3.08. The second kappa shape index (κ2) is 10.3. The van der Waals surface area contributed by atoms with Crippen molar-refractivity contribution in [2.45, 2.75) is 45.6 Å². The lowest BCUT2D eigenvalue weighted by Gasteiger charge is -2.17. The number of fused-ring (bicyclic) bond motifs is 1. The molecule has 1 amide bonds. The molecule has 0 radical (unpaired) electrons. The molecule has 7 heteroatoms. The lowest BCUT2D eigenvalue weighted by Crippen LogP contribution is -2.24. The van der Waals surface area contributed by atoms with Crippen molar-refractivity contribution in [1.29, 1.82) is 0 Å². The first kappa shape index (κ1) is 23.3. The Morgan fingerprint density at radius 3 is 2.56 bits per heavy atom. The van der Waals surface area contributed by atoms with Gasteiger partial charge in [0.1, 0.15) is 5.69 Å². The third-order valence-corrected chi connectivity index (χ3v) is 5.49. The van der Waals surface area contributed by atoms with E-state index in [1.807, 2.05) is 23.6 Å². The molecule has 0 aliphatic heterocycles. The van der Waals surface area contributed by atoms with Gasteiger partial charge in [-0.2, -0.15) is 0 Å². The molecule has 0 atom stereocenters. The molecule has 1 aromatic carbocycles. The maximum absolute atomic E-state index is 13.0. The molecule has 0 fully saturated rings. The minimum absolute atomic E-state index is 0.0831. The van der Waals surface area contributed by atoms with E-state index >= 15 is 0 Å². The highest BCUT2D eigenvalue weighted by Crippen LogP contribution is 2.32. The van der Waals surface area contributed by atoms with E-state index in [2.05, 4.69) is 11.2 Å². The Kier molecular flexibility index (Phi) is 7.49. The van der Waals surface area contributed by atoms with Gasteiger partial charge in [-0.1, -0.05) is 19.1 Å². The van der Waals surface area contributed by atoms with Crippen LogP contribution in [-0.4, -0.2) is 47.9 Å². The van der Waals surface area contributed by atoms with Crippen LogP contribution in [0.4, 0.5) is 0 Å². The van der Waals surface area contributed by atoms with Gasteiger partial charge in [0.05, 0.1) is 0 Å². The smallest absolute Gasteiger partial charge is 0.363 e. The van der Waals surface area contributed by atoms with Gasteiger partial charge in [-0.3, -0.25) is 9.59 Å². The summed E-state index contributed by atoms with van der Waals surface area (Å²) in [6.07, 6.45) is 8.25. The van der Waals surface area contributed by atoms with Gasteiger partial charge in [-0.25, -0.2) is 4.79 Å². The fourth-order valence-corrected chi connectivity index (χ4v) is 4.11. The average molecular weight is 436 g/mol. The molecule has 1 N–H and O–H groups in total. The Morgan fingerprint density at radius 2 is 1.94 bits per heavy atom. The number of Topliss-reactive ketones (excluding diaryl/α,β-unsaturated/α-hetero) is 1. The molecular weight excluding hydrogens is 406 g/mol. The molecule has 1 aromatic heterocycles. The number of aromatic nitrogens is 1. The summed E-state index contributed by atoms with van der Waals surface area (Å²) in [5.74, 6) is 1.92. The predicted molar refractivity (Wildman–Crippen MR) is 122 cm³/mol. The van der Waals surface area contributed by atoms with Crippen LogP contribution in [0.3, 0.4) is 0 Å². The Bertz CT molecular complexity index is 1060. The van der Waals surface area contributed by atoms with Crippen LogP contribution in [0.2, 0.25) is 0 Å². The van der Waals surface area contributed by atoms with Crippen molar-refractivity contribution in [3.05, 3.63) is 57.9 Å². The zero-order valence-electron chi connectivity index (χ0n) is 18.9. The number of benzene rings is 1. The summed E-state index contributed by atoms with van der Waals surface area (Å²) in [5, 5.41) is 4.13. The van der Waals surface area contributed by atoms with Crippen LogP contribution in [0.5, 0.6) is 0 Å². The van der Waals surface area contributed by atoms with Crippen molar-refractivity contribution in [1.82, 2.24) is 14.9 Å². The van der Waals surface area contributed by atoms with Crippen LogP contribution < -0.4 is 5.32 Å². The Hall–Kier alpha value is -3.37. The molecule has 0 saturated heterocycles. The number of hydrogen-bond donors (Lipinski definition) is 1. The molecule has 0 saturated carbocycles. The normalized spacial score (nSPS) is 12.9. The van der Waals surface area contributed by atoms with Crippen LogP contribution in [0, 0.1) is 12.3 Å². The van der Waals surface area contributed by atoms with E-state index in [4.69, 9.17) is 11.3 Å². The largest absolute Gasteiger partial charge is 0.374 e. The molecule has 0 unspecified atom stereocenters. The molecule has 32 heavy (non-hydrogen) atoms. The summed E-state index contributed by atoms with van der Waals surface area (Å²) in [7, 11) is 3.30. The maximum Gasteiger partial charge on any atom is 0.374 e. The lowest BCUT2D eigenvalue weighted by molar-refractivity contribution is -0.0722. The highest BCUT2D eigenvalue weighted by molar-refractivity contribution is 6.03. The topological polar surface area (TPSA) is 80.6 Å². The van der Waals surface area contributed by atoms with Gasteiger partial charge in [-0.05, 0) is 42.5 Å². The molecule has 0 spiro atoms. The number of hydrogen-bond acceptors (Lipinski definition) is 5. The number of ketones is 1. The number of nitrogens with one attached hydrogen (secondary N) is 1. The summed E-state index contributed by atoms with van der Waals surface area (Å²) in [6, 6.07) is 7.22. The number of carbonyl (C=O) groups is 3. The second-order valence-corrected chi connectivity index (χ2v) is 7.96. The summed E-state index contributed by atoms with van der Waals surface area (Å²) in [6.45, 7) is 2.78. The number of terminal acetylenes is 1. The van der Waals surface area contributed by atoms with E-state index in [1.165, 1.54) is 5.06 Å². The minimum Gasteiger partial charge on any atom is -0.363 e. The van der Waals surface area contributed by atoms with Gasteiger partial charge in [0, 0.05) is 56.8 Å². The number of rotatable bonds is 8. The first-order valence-corrected chi connectivity index (χ1v) is 10.8. The van der Waals surface area contributed by atoms with E-state index < -0.39 is 5.97 Å². The molecule has 2 aromatic rings. The zero-order valence-corrected chi connectivity index (χ0v) is 18.9. The van der Waals surface area contributed by atoms with E-state index in [0.717, 1.165) is 29.7 Å². The predicted octanol–water partition coefficient (Wildman–Crippen LogP) is 3.00. The SMILES string of the molecule is C#CCCNC(=O)c1ccc(Cn2c3c(c(CC)c2C(=O)ON(C)C)C(=O)CCC3)cc1. The van der Waals surface area contributed by atoms with Gasteiger partial charge >= 0.3 is 5.97 Å². The zero-order chi connectivity index (χ0) is 23.3. The van der Waals surface area contributed by atoms with E-state index in [9.17, 15) is 14.4 Å². The summed E-state index contributed by atoms with van der Waals surface area (Å²) < 4.78 is 1.92. The first-order valence-electron chi connectivity index (χ1n) is 10.8. The van der Waals surface area contributed by atoms with Crippen LogP contribution >= 0.6 is 0 Å². The van der Waals surface area contributed by atoms with Gasteiger partial charge < -0.3 is 14.7 Å². The number of hydroxylamine groups is 2. The fraction of sp³-hybridized carbons (Fsp3) is 0.400. The Labute approximate surface area is 188 Å². The fourth-order valence-electron chi connectivity index (χ4n) is 4.11. The maximum atomic E-state index is 13.0. The van der Waals surface area contributed by atoms with Gasteiger partial charge in [0.2, 0.25) is 0 Å².